The van der Waals surface area contributed by atoms with Crippen LogP contribution in [0.15, 0.2) is 0 Å². The molecule has 0 aromatic carbocycles. The van der Waals surface area contributed by atoms with Crippen molar-refractivity contribution in [3.8, 4) is 0 Å². The highest BCUT2D eigenvalue weighted by Gasteiger charge is 2.28. The molecule has 1 unspecified atom stereocenters. The van der Waals surface area contributed by atoms with Crippen LogP contribution in [0.3, 0.4) is 0 Å². The van der Waals surface area contributed by atoms with Crippen molar-refractivity contribution in [1.82, 2.24) is 5.32 Å². The Morgan fingerprint density at radius 1 is 1.47 bits per heavy atom. The summed E-state index contributed by atoms with van der Waals surface area (Å²) in [6.45, 7) is 4.79. The van der Waals surface area contributed by atoms with Crippen molar-refractivity contribution in [2.45, 2.75) is 51.6 Å². The van der Waals surface area contributed by atoms with E-state index in [1.165, 1.54) is 13.8 Å². The SMILES string of the molecule is CC(N)CCCC(=O)NC(C)(C)C(=O)O. The molecule has 0 aliphatic heterocycles. The zero-order chi connectivity index (χ0) is 12.1. The van der Waals surface area contributed by atoms with E-state index in [9.17, 15) is 9.59 Å². The van der Waals surface area contributed by atoms with Gasteiger partial charge in [0.1, 0.15) is 5.54 Å². The highest BCUT2D eigenvalue weighted by Crippen LogP contribution is 2.04. The smallest absolute Gasteiger partial charge is 0.328 e. The molecule has 0 aromatic heterocycles. The number of amides is 1. The standard InChI is InChI=1S/C10H20N2O3/c1-7(11)5-4-6-8(13)12-10(2,3)9(14)15/h7H,4-6,11H2,1-3H3,(H,12,13)(H,14,15). The summed E-state index contributed by atoms with van der Waals surface area (Å²) in [5, 5.41) is 11.2. The first-order valence-electron chi connectivity index (χ1n) is 5.05. The number of rotatable bonds is 6. The van der Waals surface area contributed by atoms with E-state index < -0.39 is 11.5 Å². The fraction of sp³-hybridized carbons (Fsp3) is 0.800. The van der Waals surface area contributed by atoms with E-state index in [0.29, 0.717) is 12.8 Å². The van der Waals surface area contributed by atoms with Gasteiger partial charge >= 0.3 is 5.97 Å². The van der Waals surface area contributed by atoms with E-state index in [1.807, 2.05) is 6.92 Å². The van der Waals surface area contributed by atoms with Crippen LogP contribution in [-0.2, 0) is 9.59 Å². The number of aliphatic carboxylic acids is 1. The maximum atomic E-state index is 11.3. The van der Waals surface area contributed by atoms with Gasteiger partial charge in [0, 0.05) is 12.5 Å². The molecule has 0 bridgehead atoms. The molecule has 0 heterocycles. The van der Waals surface area contributed by atoms with E-state index in [4.69, 9.17) is 10.8 Å². The molecule has 0 rings (SSSR count). The first kappa shape index (κ1) is 13.9. The number of nitrogens with one attached hydrogen (secondary N) is 1. The molecule has 1 amide bonds. The predicted octanol–water partition coefficient (Wildman–Crippen LogP) is 0.483. The summed E-state index contributed by atoms with van der Waals surface area (Å²) in [4.78, 5) is 22.0. The number of carboxylic acids is 1. The van der Waals surface area contributed by atoms with Crippen LogP contribution in [0.5, 0.6) is 0 Å². The molecular formula is C10H20N2O3. The monoisotopic (exact) mass is 216 g/mol. The van der Waals surface area contributed by atoms with E-state index >= 15 is 0 Å². The van der Waals surface area contributed by atoms with Crippen molar-refractivity contribution >= 4 is 11.9 Å². The summed E-state index contributed by atoms with van der Waals surface area (Å²) in [6.07, 6.45) is 1.76. The molecule has 0 saturated carbocycles. The summed E-state index contributed by atoms with van der Waals surface area (Å²) in [6, 6.07) is 0.0743. The summed E-state index contributed by atoms with van der Waals surface area (Å²) in [7, 11) is 0. The highest BCUT2D eigenvalue weighted by molar-refractivity contribution is 5.86. The molecule has 5 heteroatoms. The number of carbonyl (C=O) groups is 2. The molecule has 0 aliphatic rings. The van der Waals surface area contributed by atoms with Crippen molar-refractivity contribution < 1.29 is 14.7 Å². The van der Waals surface area contributed by atoms with Crippen LogP contribution >= 0.6 is 0 Å². The minimum atomic E-state index is -1.20. The molecule has 0 saturated heterocycles. The Bertz CT molecular complexity index is 237. The average molecular weight is 216 g/mol. The lowest BCUT2D eigenvalue weighted by Gasteiger charge is -2.20. The predicted molar refractivity (Wildman–Crippen MR) is 57.4 cm³/mol. The molecular weight excluding hydrogens is 196 g/mol. The van der Waals surface area contributed by atoms with Gasteiger partial charge in [-0.05, 0) is 33.6 Å². The van der Waals surface area contributed by atoms with E-state index in [2.05, 4.69) is 5.32 Å². The quantitative estimate of drug-likeness (QED) is 0.602. The first-order chi connectivity index (χ1) is 6.75. The zero-order valence-corrected chi connectivity index (χ0v) is 9.54. The number of carbonyl (C=O) groups excluding carboxylic acids is 1. The van der Waals surface area contributed by atoms with Gasteiger partial charge in [-0.1, -0.05) is 0 Å². The lowest BCUT2D eigenvalue weighted by Crippen LogP contribution is -2.49. The van der Waals surface area contributed by atoms with Crippen molar-refractivity contribution in [1.29, 1.82) is 0 Å². The summed E-state index contributed by atoms with van der Waals surface area (Å²) in [5.74, 6) is -1.29. The van der Waals surface area contributed by atoms with E-state index in [0.717, 1.165) is 6.42 Å². The molecule has 5 nitrogen and oxygen atoms in total. The number of nitrogens with two attached hydrogens (primary N) is 1. The molecule has 0 spiro atoms. The van der Waals surface area contributed by atoms with Gasteiger partial charge in [0.05, 0.1) is 0 Å². The Morgan fingerprint density at radius 2 is 2.00 bits per heavy atom. The van der Waals surface area contributed by atoms with Crippen LogP contribution in [0.4, 0.5) is 0 Å². The molecule has 0 aliphatic carbocycles. The first-order valence-corrected chi connectivity index (χ1v) is 5.05. The molecule has 0 aromatic rings. The van der Waals surface area contributed by atoms with Crippen molar-refractivity contribution in [3.63, 3.8) is 0 Å². The van der Waals surface area contributed by atoms with Gasteiger partial charge in [-0.15, -0.1) is 0 Å². The second-order valence-corrected chi connectivity index (χ2v) is 4.35. The van der Waals surface area contributed by atoms with Gasteiger partial charge in [0.25, 0.3) is 0 Å². The van der Waals surface area contributed by atoms with Crippen LogP contribution < -0.4 is 11.1 Å². The van der Waals surface area contributed by atoms with Gasteiger partial charge in [-0.3, -0.25) is 4.79 Å². The van der Waals surface area contributed by atoms with Crippen molar-refractivity contribution in [2.24, 2.45) is 5.73 Å². The fourth-order valence-electron chi connectivity index (χ4n) is 1.05. The summed E-state index contributed by atoms with van der Waals surface area (Å²) < 4.78 is 0. The maximum absolute atomic E-state index is 11.3. The summed E-state index contributed by atoms with van der Waals surface area (Å²) in [5.41, 5.74) is 4.33. The maximum Gasteiger partial charge on any atom is 0.328 e. The van der Waals surface area contributed by atoms with Crippen molar-refractivity contribution in [2.75, 3.05) is 0 Å². The van der Waals surface area contributed by atoms with E-state index in [1.54, 1.807) is 0 Å². The fourth-order valence-corrected chi connectivity index (χ4v) is 1.05. The van der Waals surface area contributed by atoms with Crippen LogP contribution in [0.1, 0.15) is 40.0 Å². The minimum Gasteiger partial charge on any atom is -0.480 e. The number of hydrogen-bond donors (Lipinski definition) is 3. The Morgan fingerprint density at radius 3 is 2.40 bits per heavy atom. The largest absolute Gasteiger partial charge is 0.480 e. The molecule has 15 heavy (non-hydrogen) atoms. The second kappa shape index (κ2) is 5.70. The Balaban J connectivity index is 3.89. The zero-order valence-electron chi connectivity index (χ0n) is 9.54. The van der Waals surface area contributed by atoms with Gasteiger partial charge < -0.3 is 16.2 Å². The van der Waals surface area contributed by atoms with Crippen molar-refractivity contribution in [3.05, 3.63) is 0 Å². The van der Waals surface area contributed by atoms with Gasteiger partial charge in [-0.2, -0.15) is 0 Å². The molecule has 1 atom stereocenters. The molecule has 88 valence electrons. The molecule has 4 N–H and O–H groups in total. The highest BCUT2D eigenvalue weighted by atomic mass is 16.4. The minimum absolute atomic E-state index is 0.0743. The number of carboxylic acid groups (broad SMARTS) is 1. The third-order valence-corrected chi connectivity index (χ3v) is 2.05. The third-order valence-electron chi connectivity index (χ3n) is 2.05. The van der Waals surface area contributed by atoms with Crippen LogP contribution in [0.25, 0.3) is 0 Å². The van der Waals surface area contributed by atoms with Crippen LogP contribution in [0.2, 0.25) is 0 Å². The normalized spacial score (nSPS) is 13.3. The topological polar surface area (TPSA) is 92.4 Å². The summed E-state index contributed by atoms with van der Waals surface area (Å²) >= 11 is 0. The Labute approximate surface area is 90.0 Å². The molecule has 0 fully saturated rings. The second-order valence-electron chi connectivity index (χ2n) is 4.35. The molecule has 0 radical (unpaired) electrons. The Kier molecular flexibility index (Phi) is 5.28. The van der Waals surface area contributed by atoms with Crippen LogP contribution in [0, 0.1) is 0 Å². The van der Waals surface area contributed by atoms with E-state index in [-0.39, 0.29) is 11.9 Å². The number of hydrogen-bond acceptors (Lipinski definition) is 3. The lowest BCUT2D eigenvalue weighted by atomic mass is 10.1. The lowest BCUT2D eigenvalue weighted by molar-refractivity contribution is -0.146. The van der Waals surface area contributed by atoms with Gasteiger partial charge in [0.15, 0.2) is 0 Å². The Hall–Kier alpha value is -1.10. The van der Waals surface area contributed by atoms with Crippen LogP contribution in [-0.4, -0.2) is 28.6 Å². The average Bonchev–Trinajstić information content (AvgIpc) is 2.01. The third kappa shape index (κ3) is 6.06. The van der Waals surface area contributed by atoms with Gasteiger partial charge in [0.2, 0.25) is 5.91 Å². The van der Waals surface area contributed by atoms with Gasteiger partial charge in [-0.25, -0.2) is 4.79 Å².